The third-order valence-corrected chi connectivity index (χ3v) is 5.76. The van der Waals surface area contributed by atoms with Crippen LogP contribution in [0.5, 0.6) is 0 Å². The van der Waals surface area contributed by atoms with Crippen LogP contribution >= 0.6 is 0 Å². The molecule has 2 aliphatic rings. The summed E-state index contributed by atoms with van der Waals surface area (Å²) in [7, 11) is 2.13. The summed E-state index contributed by atoms with van der Waals surface area (Å²) >= 11 is 0. The number of morpholine rings is 1. The predicted octanol–water partition coefficient (Wildman–Crippen LogP) is 1.11. The lowest BCUT2D eigenvalue weighted by Gasteiger charge is -2.32. The molecule has 0 saturated carbocycles. The van der Waals surface area contributed by atoms with Gasteiger partial charge in [0.15, 0.2) is 0 Å². The van der Waals surface area contributed by atoms with Crippen molar-refractivity contribution in [3.8, 4) is 0 Å². The van der Waals surface area contributed by atoms with Gasteiger partial charge in [-0.25, -0.2) is 0 Å². The molecule has 2 aromatic rings. The van der Waals surface area contributed by atoms with E-state index in [4.69, 9.17) is 4.74 Å². The molecule has 2 aliphatic heterocycles. The Bertz CT molecular complexity index is 693. The Hall–Kier alpha value is -1.77. The van der Waals surface area contributed by atoms with Gasteiger partial charge in [-0.05, 0) is 38.4 Å². The maximum absolute atomic E-state index is 5.44. The van der Waals surface area contributed by atoms with Gasteiger partial charge in [0.25, 0.3) is 0 Å². The number of hydrogen-bond acceptors (Lipinski definition) is 6. The quantitative estimate of drug-likeness (QED) is 0.725. The van der Waals surface area contributed by atoms with Crippen molar-refractivity contribution in [2.45, 2.75) is 38.3 Å². The van der Waals surface area contributed by atoms with E-state index in [2.05, 4.69) is 36.7 Å². The van der Waals surface area contributed by atoms with Crippen molar-refractivity contribution < 1.29 is 4.74 Å². The minimum atomic E-state index is 0.486. The van der Waals surface area contributed by atoms with E-state index in [1.54, 1.807) is 0 Å². The standard InChI is InChI=1S/C19H31N7O/c1-23-18(16-25-11-13-27-14-12-25)21-22-19(23)17-5-2-7-24(15-17)8-4-10-26-9-3-6-20-26/h3,6,9,17H,2,4-5,7-8,10-16H2,1H3/t17-/m1/s1. The molecule has 0 N–H and O–H groups in total. The van der Waals surface area contributed by atoms with Crippen LogP contribution in [0, 0.1) is 0 Å². The summed E-state index contributed by atoms with van der Waals surface area (Å²) in [6, 6.07) is 1.99. The van der Waals surface area contributed by atoms with Gasteiger partial charge in [0, 0.05) is 51.5 Å². The van der Waals surface area contributed by atoms with Crippen LogP contribution < -0.4 is 0 Å². The fourth-order valence-electron chi connectivity index (χ4n) is 4.19. The van der Waals surface area contributed by atoms with Crippen LogP contribution in [0.15, 0.2) is 18.5 Å². The van der Waals surface area contributed by atoms with Crippen LogP contribution in [0.25, 0.3) is 0 Å². The first kappa shape index (κ1) is 18.6. The fourth-order valence-corrected chi connectivity index (χ4v) is 4.19. The molecule has 0 aromatic carbocycles. The molecule has 0 aliphatic carbocycles. The number of piperidine rings is 1. The molecule has 2 fully saturated rings. The first-order chi connectivity index (χ1) is 13.3. The Labute approximate surface area is 161 Å². The molecule has 27 heavy (non-hydrogen) atoms. The van der Waals surface area contributed by atoms with Crippen LogP contribution in [-0.2, 0) is 24.9 Å². The van der Waals surface area contributed by atoms with E-state index in [0.717, 1.165) is 70.6 Å². The highest BCUT2D eigenvalue weighted by molar-refractivity contribution is 5.04. The van der Waals surface area contributed by atoms with Gasteiger partial charge in [-0.1, -0.05) is 0 Å². The lowest BCUT2D eigenvalue weighted by Crippen LogP contribution is -2.37. The third kappa shape index (κ3) is 4.75. The summed E-state index contributed by atoms with van der Waals surface area (Å²) in [4.78, 5) is 4.98. The van der Waals surface area contributed by atoms with Crippen molar-refractivity contribution in [3.63, 3.8) is 0 Å². The van der Waals surface area contributed by atoms with Gasteiger partial charge in [-0.3, -0.25) is 9.58 Å². The lowest BCUT2D eigenvalue weighted by atomic mass is 9.97. The highest BCUT2D eigenvalue weighted by Gasteiger charge is 2.26. The molecule has 2 aromatic heterocycles. The number of aromatic nitrogens is 5. The van der Waals surface area contributed by atoms with Crippen LogP contribution in [0.2, 0.25) is 0 Å². The highest BCUT2D eigenvalue weighted by Crippen LogP contribution is 2.26. The van der Waals surface area contributed by atoms with E-state index in [1.807, 2.05) is 23.1 Å². The fraction of sp³-hybridized carbons (Fsp3) is 0.737. The Kier molecular flexibility index (Phi) is 6.16. The van der Waals surface area contributed by atoms with Crippen molar-refractivity contribution >= 4 is 0 Å². The number of likely N-dealkylation sites (tertiary alicyclic amines) is 1. The van der Waals surface area contributed by atoms with Crippen molar-refractivity contribution in [1.29, 1.82) is 0 Å². The van der Waals surface area contributed by atoms with E-state index in [9.17, 15) is 0 Å². The lowest BCUT2D eigenvalue weighted by molar-refractivity contribution is 0.0326. The van der Waals surface area contributed by atoms with E-state index in [1.165, 1.54) is 19.4 Å². The Morgan fingerprint density at radius 2 is 2.00 bits per heavy atom. The van der Waals surface area contributed by atoms with Gasteiger partial charge in [0.1, 0.15) is 11.6 Å². The molecule has 4 rings (SSSR count). The molecule has 8 nitrogen and oxygen atoms in total. The molecule has 0 bridgehead atoms. The SMILES string of the molecule is Cn1c(CN2CCOCC2)nnc1[C@@H]1CCCN(CCCn2cccn2)C1. The normalized spacial score (nSPS) is 22.3. The molecule has 0 radical (unpaired) electrons. The number of ether oxygens (including phenoxy) is 1. The number of rotatable bonds is 7. The van der Waals surface area contributed by atoms with Crippen molar-refractivity contribution in [2.75, 3.05) is 45.9 Å². The van der Waals surface area contributed by atoms with Gasteiger partial charge < -0.3 is 14.2 Å². The largest absolute Gasteiger partial charge is 0.379 e. The average molecular weight is 374 g/mol. The summed E-state index contributed by atoms with van der Waals surface area (Å²) in [5.74, 6) is 2.71. The zero-order valence-electron chi connectivity index (χ0n) is 16.3. The van der Waals surface area contributed by atoms with Crippen LogP contribution in [0.3, 0.4) is 0 Å². The van der Waals surface area contributed by atoms with Gasteiger partial charge in [0.2, 0.25) is 0 Å². The maximum atomic E-state index is 5.44. The van der Waals surface area contributed by atoms with E-state index < -0.39 is 0 Å². The molecule has 8 heteroatoms. The average Bonchev–Trinajstić information content (AvgIpc) is 3.34. The van der Waals surface area contributed by atoms with Crippen LogP contribution in [0.4, 0.5) is 0 Å². The predicted molar refractivity (Wildman–Crippen MR) is 102 cm³/mol. The first-order valence-corrected chi connectivity index (χ1v) is 10.2. The molecular formula is C19H31N7O. The Morgan fingerprint density at radius 3 is 2.81 bits per heavy atom. The summed E-state index contributed by atoms with van der Waals surface area (Å²) in [5, 5.41) is 13.4. The second-order valence-corrected chi connectivity index (χ2v) is 7.68. The maximum Gasteiger partial charge on any atom is 0.146 e. The zero-order chi connectivity index (χ0) is 18.5. The monoisotopic (exact) mass is 373 g/mol. The summed E-state index contributed by atoms with van der Waals surface area (Å²) < 4.78 is 9.69. The third-order valence-electron chi connectivity index (χ3n) is 5.76. The molecule has 0 unspecified atom stereocenters. The number of hydrogen-bond donors (Lipinski definition) is 0. The molecule has 2 saturated heterocycles. The van der Waals surface area contributed by atoms with Gasteiger partial charge in [-0.2, -0.15) is 5.10 Å². The van der Waals surface area contributed by atoms with E-state index in [-0.39, 0.29) is 0 Å². The minimum Gasteiger partial charge on any atom is -0.379 e. The first-order valence-electron chi connectivity index (χ1n) is 10.2. The van der Waals surface area contributed by atoms with Crippen molar-refractivity contribution in [1.82, 2.24) is 34.3 Å². The molecular weight excluding hydrogens is 342 g/mol. The Morgan fingerprint density at radius 1 is 1.11 bits per heavy atom. The molecule has 0 spiro atoms. The molecule has 1 atom stereocenters. The molecule has 4 heterocycles. The highest BCUT2D eigenvalue weighted by atomic mass is 16.5. The summed E-state index contributed by atoms with van der Waals surface area (Å²) in [6.45, 7) is 8.85. The molecule has 0 amide bonds. The smallest absolute Gasteiger partial charge is 0.146 e. The molecule has 148 valence electrons. The Balaban J connectivity index is 1.31. The van der Waals surface area contributed by atoms with Gasteiger partial charge >= 0.3 is 0 Å². The van der Waals surface area contributed by atoms with E-state index >= 15 is 0 Å². The second-order valence-electron chi connectivity index (χ2n) is 7.68. The zero-order valence-corrected chi connectivity index (χ0v) is 16.3. The van der Waals surface area contributed by atoms with Crippen molar-refractivity contribution in [3.05, 3.63) is 30.1 Å². The topological polar surface area (TPSA) is 64.2 Å². The second kappa shape index (κ2) is 8.95. The summed E-state index contributed by atoms with van der Waals surface area (Å²) in [6.07, 6.45) is 7.46. The van der Waals surface area contributed by atoms with Gasteiger partial charge in [0.05, 0.1) is 19.8 Å². The minimum absolute atomic E-state index is 0.486. The number of nitrogens with zero attached hydrogens (tertiary/aromatic N) is 7. The van der Waals surface area contributed by atoms with Crippen molar-refractivity contribution in [2.24, 2.45) is 7.05 Å². The van der Waals surface area contributed by atoms with Gasteiger partial charge in [-0.15, -0.1) is 10.2 Å². The van der Waals surface area contributed by atoms with Crippen LogP contribution in [0.1, 0.15) is 36.8 Å². The summed E-state index contributed by atoms with van der Waals surface area (Å²) in [5.41, 5.74) is 0. The van der Waals surface area contributed by atoms with Crippen LogP contribution in [-0.4, -0.2) is 80.3 Å². The van der Waals surface area contributed by atoms with E-state index in [0.29, 0.717) is 5.92 Å². The number of aryl methyl sites for hydroxylation is 1.